The van der Waals surface area contributed by atoms with Gasteiger partial charge in [0.25, 0.3) is 0 Å². The molecular formula is C16H14F3NO3. The fourth-order valence-electron chi connectivity index (χ4n) is 1.79. The summed E-state index contributed by atoms with van der Waals surface area (Å²) in [5, 5.41) is 3.74. The first-order valence-electron chi connectivity index (χ1n) is 6.61. The van der Waals surface area contributed by atoms with Gasteiger partial charge in [0.05, 0.1) is 13.3 Å². The minimum Gasteiger partial charge on any atom is -0.493 e. The van der Waals surface area contributed by atoms with Gasteiger partial charge in [-0.1, -0.05) is 17.3 Å². The number of hydrogen-bond acceptors (Lipinski definition) is 4. The predicted octanol–water partition coefficient (Wildman–Crippen LogP) is 3.99. The van der Waals surface area contributed by atoms with E-state index in [1.54, 1.807) is 12.1 Å². The fourth-order valence-corrected chi connectivity index (χ4v) is 1.79. The van der Waals surface area contributed by atoms with Crippen LogP contribution < -0.4 is 9.47 Å². The van der Waals surface area contributed by atoms with E-state index in [4.69, 9.17) is 9.57 Å². The molecule has 0 spiro atoms. The Morgan fingerprint density at radius 3 is 2.65 bits per heavy atom. The molecule has 0 radical (unpaired) electrons. The molecule has 7 heteroatoms. The molecule has 0 N–H and O–H groups in total. The number of oxime groups is 1. The largest absolute Gasteiger partial charge is 0.493 e. The van der Waals surface area contributed by atoms with Crippen molar-refractivity contribution in [2.45, 2.75) is 13.2 Å². The van der Waals surface area contributed by atoms with E-state index in [-0.39, 0.29) is 23.9 Å². The minimum atomic E-state index is -2.93. The van der Waals surface area contributed by atoms with Gasteiger partial charge >= 0.3 is 6.61 Å². The fraction of sp³-hybridized carbons (Fsp3) is 0.188. The van der Waals surface area contributed by atoms with Gasteiger partial charge in [0.1, 0.15) is 12.4 Å². The van der Waals surface area contributed by atoms with Crippen LogP contribution in [-0.4, -0.2) is 19.9 Å². The van der Waals surface area contributed by atoms with Gasteiger partial charge in [0, 0.05) is 5.56 Å². The van der Waals surface area contributed by atoms with Crippen molar-refractivity contribution in [1.29, 1.82) is 0 Å². The van der Waals surface area contributed by atoms with Crippen molar-refractivity contribution in [3.8, 4) is 11.5 Å². The maximum Gasteiger partial charge on any atom is 0.387 e. The highest BCUT2D eigenvalue weighted by atomic mass is 19.3. The lowest BCUT2D eigenvalue weighted by molar-refractivity contribution is -0.0512. The molecule has 0 heterocycles. The van der Waals surface area contributed by atoms with E-state index >= 15 is 0 Å². The second-order valence-corrected chi connectivity index (χ2v) is 4.43. The van der Waals surface area contributed by atoms with E-state index in [0.29, 0.717) is 11.1 Å². The summed E-state index contributed by atoms with van der Waals surface area (Å²) in [6.07, 6.45) is 1.38. The van der Waals surface area contributed by atoms with Gasteiger partial charge in [-0.3, -0.25) is 0 Å². The van der Waals surface area contributed by atoms with Crippen molar-refractivity contribution in [3.05, 3.63) is 59.4 Å². The van der Waals surface area contributed by atoms with Gasteiger partial charge in [-0.15, -0.1) is 0 Å². The Morgan fingerprint density at radius 2 is 1.96 bits per heavy atom. The zero-order valence-corrected chi connectivity index (χ0v) is 12.2. The van der Waals surface area contributed by atoms with E-state index in [0.717, 1.165) is 0 Å². The van der Waals surface area contributed by atoms with Gasteiger partial charge in [-0.05, 0) is 35.9 Å². The van der Waals surface area contributed by atoms with Crippen LogP contribution in [0.4, 0.5) is 13.2 Å². The highest BCUT2D eigenvalue weighted by molar-refractivity contribution is 5.80. The molecule has 0 aliphatic rings. The third-order valence-corrected chi connectivity index (χ3v) is 2.80. The standard InChI is InChI=1S/C16H14F3NO3/c1-21-15-8-11(5-6-14(15)23-16(18)19)9-20-22-10-12-3-2-4-13(17)7-12/h2-9,16H,10H2,1H3/b20-9+. The summed E-state index contributed by atoms with van der Waals surface area (Å²) in [7, 11) is 1.34. The normalized spacial score (nSPS) is 11.0. The molecule has 2 aromatic carbocycles. The Hall–Kier alpha value is -2.70. The van der Waals surface area contributed by atoms with Crippen LogP contribution in [0.5, 0.6) is 11.5 Å². The SMILES string of the molecule is COc1cc(/C=N/OCc2cccc(F)c2)ccc1OC(F)F. The van der Waals surface area contributed by atoms with E-state index in [2.05, 4.69) is 9.89 Å². The molecular weight excluding hydrogens is 311 g/mol. The second-order valence-electron chi connectivity index (χ2n) is 4.43. The lowest BCUT2D eigenvalue weighted by atomic mass is 10.2. The van der Waals surface area contributed by atoms with Crippen LogP contribution >= 0.6 is 0 Å². The average molecular weight is 325 g/mol. The van der Waals surface area contributed by atoms with Crippen molar-refractivity contribution >= 4 is 6.21 Å². The summed E-state index contributed by atoms with van der Waals surface area (Å²) in [5.41, 5.74) is 1.21. The highest BCUT2D eigenvalue weighted by Crippen LogP contribution is 2.28. The van der Waals surface area contributed by atoms with Gasteiger partial charge in [-0.2, -0.15) is 8.78 Å². The number of methoxy groups -OCH3 is 1. The number of rotatable bonds is 7. The predicted molar refractivity (Wildman–Crippen MR) is 78.4 cm³/mol. The number of ether oxygens (including phenoxy) is 2. The summed E-state index contributed by atoms with van der Waals surface area (Å²) in [6, 6.07) is 10.3. The number of alkyl halides is 2. The molecule has 2 rings (SSSR count). The first-order chi connectivity index (χ1) is 11.1. The molecule has 0 atom stereocenters. The van der Waals surface area contributed by atoms with E-state index in [1.807, 2.05) is 0 Å². The van der Waals surface area contributed by atoms with Crippen LogP contribution in [-0.2, 0) is 11.4 Å². The summed E-state index contributed by atoms with van der Waals surface area (Å²) < 4.78 is 46.7. The first kappa shape index (κ1) is 16.7. The molecule has 122 valence electrons. The monoisotopic (exact) mass is 325 g/mol. The summed E-state index contributed by atoms with van der Waals surface area (Å²) in [5.74, 6) is -0.269. The number of hydrogen-bond donors (Lipinski definition) is 0. The Labute approximate surface area is 131 Å². The Kier molecular flexibility index (Phi) is 5.85. The van der Waals surface area contributed by atoms with E-state index < -0.39 is 6.61 Å². The molecule has 0 bridgehead atoms. The van der Waals surface area contributed by atoms with Gasteiger partial charge in [0.15, 0.2) is 11.5 Å². The van der Waals surface area contributed by atoms with Crippen LogP contribution in [0.1, 0.15) is 11.1 Å². The van der Waals surface area contributed by atoms with Gasteiger partial charge in [-0.25, -0.2) is 4.39 Å². The molecule has 0 amide bonds. The average Bonchev–Trinajstić information content (AvgIpc) is 2.52. The number of nitrogens with zero attached hydrogens (tertiary/aromatic N) is 1. The van der Waals surface area contributed by atoms with Crippen LogP contribution in [0, 0.1) is 5.82 Å². The molecule has 0 aromatic heterocycles. The summed E-state index contributed by atoms with van der Waals surface area (Å²) >= 11 is 0. The highest BCUT2D eigenvalue weighted by Gasteiger charge is 2.10. The van der Waals surface area contributed by atoms with Crippen molar-refractivity contribution in [2.75, 3.05) is 7.11 Å². The van der Waals surface area contributed by atoms with Crippen LogP contribution in [0.3, 0.4) is 0 Å². The third-order valence-electron chi connectivity index (χ3n) is 2.80. The topological polar surface area (TPSA) is 40.0 Å². The first-order valence-corrected chi connectivity index (χ1v) is 6.61. The lowest BCUT2D eigenvalue weighted by Crippen LogP contribution is -2.03. The Bertz CT molecular complexity index is 677. The van der Waals surface area contributed by atoms with Gasteiger partial charge in [0.2, 0.25) is 0 Å². The Morgan fingerprint density at radius 1 is 1.13 bits per heavy atom. The molecule has 23 heavy (non-hydrogen) atoms. The van der Waals surface area contributed by atoms with Crippen LogP contribution in [0.15, 0.2) is 47.6 Å². The maximum atomic E-state index is 13.0. The molecule has 2 aromatic rings. The molecule has 0 fully saturated rings. The molecule has 0 saturated heterocycles. The Balaban J connectivity index is 1.96. The quantitative estimate of drug-likeness (QED) is 0.571. The lowest BCUT2D eigenvalue weighted by Gasteiger charge is -2.09. The third kappa shape index (κ3) is 5.21. The number of benzene rings is 2. The second kappa shape index (κ2) is 8.07. The molecule has 4 nitrogen and oxygen atoms in total. The van der Waals surface area contributed by atoms with Crippen molar-refractivity contribution < 1.29 is 27.5 Å². The number of halogens is 3. The summed E-state index contributed by atoms with van der Waals surface area (Å²) in [6.45, 7) is -2.82. The van der Waals surface area contributed by atoms with E-state index in [9.17, 15) is 13.2 Å². The van der Waals surface area contributed by atoms with E-state index in [1.165, 1.54) is 43.7 Å². The van der Waals surface area contributed by atoms with Crippen LogP contribution in [0.25, 0.3) is 0 Å². The van der Waals surface area contributed by atoms with Crippen molar-refractivity contribution in [1.82, 2.24) is 0 Å². The molecule has 0 saturated carbocycles. The minimum absolute atomic E-state index is 0.0691. The molecule has 0 unspecified atom stereocenters. The maximum absolute atomic E-state index is 13.0. The van der Waals surface area contributed by atoms with Crippen LogP contribution in [0.2, 0.25) is 0 Å². The van der Waals surface area contributed by atoms with Crippen molar-refractivity contribution in [3.63, 3.8) is 0 Å². The van der Waals surface area contributed by atoms with Gasteiger partial charge < -0.3 is 14.3 Å². The van der Waals surface area contributed by atoms with Crippen molar-refractivity contribution in [2.24, 2.45) is 5.16 Å². The molecule has 0 aliphatic carbocycles. The molecule has 0 aliphatic heterocycles. The zero-order valence-electron chi connectivity index (χ0n) is 12.2. The summed E-state index contributed by atoms with van der Waals surface area (Å²) in [4.78, 5) is 5.06. The smallest absolute Gasteiger partial charge is 0.387 e. The zero-order chi connectivity index (χ0) is 16.7.